The summed E-state index contributed by atoms with van der Waals surface area (Å²) in [4.78, 5) is 16.8. The fourth-order valence-electron chi connectivity index (χ4n) is 7.46. The zero-order valence-corrected chi connectivity index (χ0v) is 25.7. The van der Waals surface area contributed by atoms with Crippen LogP contribution >= 0.6 is 0 Å². The second-order valence-corrected chi connectivity index (χ2v) is 13.1. The molecule has 0 bridgehead atoms. The first-order valence-corrected chi connectivity index (χ1v) is 15.7. The number of alkyl halides is 1. The maximum atomic E-state index is 12.6. The van der Waals surface area contributed by atoms with Gasteiger partial charge in [-0.1, -0.05) is 24.3 Å². The molecule has 0 spiro atoms. The zero-order chi connectivity index (χ0) is 30.1. The van der Waals surface area contributed by atoms with E-state index in [2.05, 4.69) is 67.3 Å². The molecule has 3 aromatic rings. The Hall–Kier alpha value is -3.64. The predicted octanol–water partition coefficient (Wildman–Crippen LogP) is 7.44. The van der Waals surface area contributed by atoms with Gasteiger partial charge >= 0.3 is 0 Å². The molecule has 1 amide bonds. The number of hydrogen-bond acceptors (Lipinski definition) is 4. The van der Waals surface area contributed by atoms with Gasteiger partial charge in [-0.2, -0.15) is 0 Å². The highest BCUT2D eigenvalue weighted by Gasteiger charge is 2.38. The Morgan fingerprint density at radius 1 is 1.02 bits per heavy atom. The average molecular weight is 583 g/mol. The Morgan fingerprint density at radius 3 is 2.58 bits per heavy atom. The van der Waals surface area contributed by atoms with Gasteiger partial charge in [-0.25, -0.2) is 0 Å². The molecule has 43 heavy (non-hydrogen) atoms. The SMILES string of the molecule is CC(=O)N1c2ccc(C3=C(c4ccc(OCC5CCN(CCCF)C5)cc4)c4ccc(O)cc4CCC3)cc2CC1(C)C. The highest BCUT2D eigenvalue weighted by molar-refractivity contribution is 6.01. The van der Waals surface area contributed by atoms with Crippen molar-refractivity contribution < 1.29 is 19.0 Å². The number of phenolic OH excluding ortho intramolecular Hbond substituents is 1. The van der Waals surface area contributed by atoms with E-state index >= 15 is 0 Å². The predicted molar refractivity (Wildman–Crippen MR) is 171 cm³/mol. The van der Waals surface area contributed by atoms with Crippen LogP contribution in [0.3, 0.4) is 0 Å². The van der Waals surface area contributed by atoms with E-state index in [0.717, 1.165) is 79.9 Å². The molecule has 3 aromatic carbocycles. The van der Waals surface area contributed by atoms with Gasteiger partial charge < -0.3 is 19.6 Å². The number of hydrogen-bond donors (Lipinski definition) is 1. The van der Waals surface area contributed by atoms with E-state index in [9.17, 15) is 14.3 Å². The van der Waals surface area contributed by atoms with Crippen LogP contribution < -0.4 is 9.64 Å². The minimum atomic E-state index is -0.253. The molecule has 5 nitrogen and oxygen atoms in total. The monoisotopic (exact) mass is 582 g/mol. The fraction of sp³-hybridized carbons (Fsp3) is 0.432. The van der Waals surface area contributed by atoms with E-state index in [-0.39, 0.29) is 18.1 Å². The van der Waals surface area contributed by atoms with Crippen molar-refractivity contribution in [3.63, 3.8) is 0 Å². The van der Waals surface area contributed by atoms with Gasteiger partial charge in [-0.05, 0) is 134 Å². The lowest BCUT2D eigenvalue weighted by Crippen LogP contribution is -2.44. The molecule has 0 radical (unpaired) electrons. The summed E-state index contributed by atoms with van der Waals surface area (Å²) in [5.74, 6) is 1.70. The van der Waals surface area contributed by atoms with Crippen LogP contribution in [0.5, 0.6) is 11.5 Å². The standard InChI is InChI=1S/C37H43FN2O3/c1-25(41)40-35-15-10-29(20-30(35)22-37(40,2)3)33-7-4-6-28-21-31(42)11-14-34(28)36(33)27-8-12-32(13-9-27)43-24-26-16-19-39(23-26)18-5-17-38/h8-15,20-21,26,42H,4-7,16-19,22-24H2,1-3H3. The molecule has 2 aliphatic heterocycles. The van der Waals surface area contributed by atoms with E-state index in [1.807, 2.05) is 11.0 Å². The van der Waals surface area contributed by atoms with Gasteiger partial charge in [-0.3, -0.25) is 9.18 Å². The summed E-state index contributed by atoms with van der Waals surface area (Å²) >= 11 is 0. The number of likely N-dealkylation sites (tertiary alicyclic amines) is 1. The van der Waals surface area contributed by atoms with Crippen molar-refractivity contribution in [1.82, 2.24) is 4.90 Å². The van der Waals surface area contributed by atoms with Crippen molar-refractivity contribution in [3.8, 4) is 11.5 Å². The summed E-state index contributed by atoms with van der Waals surface area (Å²) in [5.41, 5.74) is 9.08. The Bertz CT molecular complexity index is 1530. The lowest BCUT2D eigenvalue weighted by molar-refractivity contribution is -0.117. The number of amides is 1. The minimum absolute atomic E-state index is 0.0731. The van der Waals surface area contributed by atoms with Crippen LogP contribution in [0.4, 0.5) is 10.1 Å². The fourth-order valence-corrected chi connectivity index (χ4v) is 7.46. The number of halogens is 1. The van der Waals surface area contributed by atoms with E-state index in [1.165, 1.54) is 22.3 Å². The average Bonchev–Trinajstić information content (AvgIpc) is 3.48. The van der Waals surface area contributed by atoms with Gasteiger partial charge in [0.05, 0.1) is 13.3 Å². The second-order valence-electron chi connectivity index (χ2n) is 13.1. The van der Waals surface area contributed by atoms with Gasteiger partial charge in [0.15, 0.2) is 0 Å². The summed E-state index contributed by atoms with van der Waals surface area (Å²) in [7, 11) is 0. The molecule has 1 atom stereocenters. The summed E-state index contributed by atoms with van der Waals surface area (Å²) < 4.78 is 18.8. The van der Waals surface area contributed by atoms with E-state index in [4.69, 9.17) is 4.74 Å². The highest BCUT2D eigenvalue weighted by atomic mass is 19.1. The van der Waals surface area contributed by atoms with Gasteiger partial charge in [0, 0.05) is 37.2 Å². The maximum absolute atomic E-state index is 12.6. The topological polar surface area (TPSA) is 53.0 Å². The van der Waals surface area contributed by atoms with E-state index in [0.29, 0.717) is 24.7 Å². The van der Waals surface area contributed by atoms with Crippen LogP contribution in [0.15, 0.2) is 60.7 Å². The zero-order valence-electron chi connectivity index (χ0n) is 25.7. The molecule has 1 N–H and O–H groups in total. The number of aryl methyl sites for hydroxylation is 1. The molecule has 1 fully saturated rings. The molecule has 1 saturated heterocycles. The summed E-state index contributed by atoms with van der Waals surface area (Å²) in [5, 5.41) is 10.3. The second kappa shape index (κ2) is 12.2. The lowest BCUT2D eigenvalue weighted by atomic mass is 9.87. The number of ether oxygens (including phenoxy) is 1. The molecule has 6 heteroatoms. The number of aromatic hydroxyl groups is 1. The third-order valence-electron chi connectivity index (χ3n) is 9.35. The van der Waals surface area contributed by atoms with Crippen LogP contribution in [0.2, 0.25) is 0 Å². The summed E-state index contributed by atoms with van der Waals surface area (Å²) in [6.07, 6.45) is 5.33. The largest absolute Gasteiger partial charge is 0.508 e. The molecule has 0 aromatic heterocycles. The minimum Gasteiger partial charge on any atom is -0.508 e. The van der Waals surface area contributed by atoms with Crippen LogP contribution in [0, 0.1) is 5.92 Å². The number of phenols is 1. The van der Waals surface area contributed by atoms with Crippen molar-refractivity contribution in [2.24, 2.45) is 5.92 Å². The quantitative estimate of drug-likeness (QED) is 0.300. The van der Waals surface area contributed by atoms with Crippen molar-refractivity contribution >= 4 is 22.7 Å². The molecule has 6 rings (SSSR count). The maximum Gasteiger partial charge on any atom is 0.224 e. The highest BCUT2D eigenvalue weighted by Crippen LogP contribution is 2.44. The van der Waals surface area contributed by atoms with Crippen LogP contribution in [-0.2, 0) is 17.6 Å². The number of nitrogens with zero attached hydrogens (tertiary/aromatic N) is 2. The number of rotatable bonds is 8. The van der Waals surface area contributed by atoms with E-state index < -0.39 is 0 Å². The lowest BCUT2D eigenvalue weighted by Gasteiger charge is -2.31. The first kappa shape index (κ1) is 29.4. The third-order valence-corrected chi connectivity index (χ3v) is 9.35. The molecule has 3 aliphatic rings. The smallest absolute Gasteiger partial charge is 0.224 e. The first-order chi connectivity index (χ1) is 20.7. The molecule has 226 valence electrons. The first-order valence-electron chi connectivity index (χ1n) is 15.7. The van der Waals surface area contributed by atoms with Crippen LogP contribution in [-0.4, -0.2) is 54.4 Å². The Labute approximate surface area is 255 Å². The van der Waals surface area contributed by atoms with Crippen LogP contribution in [0.25, 0.3) is 11.1 Å². The number of carbonyl (C=O) groups excluding carboxylic acids is 1. The summed E-state index contributed by atoms with van der Waals surface area (Å²) in [6.45, 7) is 9.15. The van der Waals surface area contributed by atoms with Crippen molar-refractivity contribution in [2.45, 2.75) is 64.8 Å². The molecule has 0 saturated carbocycles. The van der Waals surface area contributed by atoms with Gasteiger partial charge in [0.25, 0.3) is 0 Å². The Morgan fingerprint density at radius 2 is 1.81 bits per heavy atom. The van der Waals surface area contributed by atoms with Crippen molar-refractivity contribution in [1.29, 1.82) is 0 Å². The normalized spacial score (nSPS) is 19.7. The number of carbonyl (C=O) groups is 1. The van der Waals surface area contributed by atoms with Crippen molar-refractivity contribution in [2.75, 3.05) is 37.8 Å². The van der Waals surface area contributed by atoms with Gasteiger partial charge in [0.1, 0.15) is 11.5 Å². The number of allylic oxidation sites excluding steroid dienone is 1. The third kappa shape index (κ3) is 6.08. The molecule has 1 aliphatic carbocycles. The molecule has 1 unspecified atom stereocenters. The molecular formula is C37H43FN2O3. The summed E-state index contributed by atoms with van der Waals surface area (Å²) in [6, 6.07) is 20.8. The molecule has 2 heterocycles. The van der Waals surface area contributed by atoms with Gasteiger partial charge in [-0.15, -0.1) is 0 Å². The van der Waals surface area contributed by atoms with Gasteiger partial charge in [0.2, 0.25) is 5.91 Å². The molecular weight excluding hydrogens is 539 g/mol. The number of benzene rings is 3. The Kier molecular flexibility index (Phi) is 8.32. The van der Waals surface area contributed by atoms with Crippen molar-refractivity contribution in [3.05, 3.63) is 88.5 Å². The Balaban J connectivity index is 1.32. The number of fused-ring (bicyclic) bond motifs is 2. The van der Waals surface area contributed by atoms with E-state index in [1.54, 1.807) is 13.0 Å². The van der Waals surface area contributed by atoms with Crippen LogP contribution in [0.1, 0.15) is 74.3 Å². The number of anilines is 1.